The van der Waals surface area contributed by atoms with Crippen molar-refractivity contribution >= 4 is 5.82 Å². The van der Waals surface area contributed by atoms with E-state index >= 15 is 0 Å². The minimum Gasteiger partial charge on any atom is -0.495 e. The van der Waals surface area contributed by atoms with E-state index in [1.807, 2.05) is 12.1 Å². The Hall–Kier alpha value is -1.29. The van der Waals surface area contributed by atoms with Crippen molar-refractivity contribution in [1.82, 2.24) is 4.98 Å². The first-order chi connectivity index (χ1) is 7.30. The summed E-state index contributed by atoms with van der Waals surface area (Å²) in [6, 6.07) is 4.09. The van der Waals surface area contributed by atoms with Gasteiger partial charge in [-0.3, -0.25) is 0 Å². The van der Waals surface area contributed by atoms with Gasteiger partial charge in [0.05, 0.1) is 26.0 Å². The Morgan fingerprint density at radius 1 is 1.40 bits per heavy atom. The van der Waals surface area contributed by atoms with Gasteiger partial charge >= 0.3 is 0 Å². The van der Waals surface area contributed by atoms with E-state index in [2.05, 4.69) is 17.2 Å². The molecule has 84 valence electrons. The number of methoxy groups -OCH3 is 2. The second-order valence-corrected chi connectivity index (χ2v) is 3.29. The lowest BCUT2D eigenvalue weighted by Gasteiger charge is -2.16. The van der Waals surface area contributed by atoms with Crippen molar-refractivity contribution in [2.24, 2.45) is 0 Å². The fourth-order valence-electron chi connectivity index (χ4n) is 1.26. The number of rotatable bonds is 6. The molecular formula is C11H18N2O2. The predicted molar refractivity (Wildman–Crippen MR) is 60.4 cm³/mol. The molecular weight excluding hydrogens is 192 g/mol. The molecule has 4 nitrogen and oxygen atoms in total. The highest BCUT2D eigenvalue weighted by atomic mass is 16.5. The van der Waals surface area contributed by atoms with Crippen molar-refractivity contribution in [3.05, 3.63) is 18.3 Å². The number of pyridine rings is 1. The molecule has 1 heterocycles. The molecule has 0 aliphatic heterocycles. The van der Waals surface area contributed by atoms with Gasteiger partial charge in [-0.1, -0.05) is 6.92 Å². The number of anilines is 1. The van der Waals surface area contributed by atoms with Crippen molar-refractivity contribution in [2.45, 2.75) is 19.4 Å². The highest BCUT2D eigenvalue weighted by molar-refractivity contribution is 5.38. The van der Waals surface area contributed by atoms with E-state index in [1.165, 1.54) is 0 Å². The third-order valence-corrected chi connectivity index (χ3v) is 2.18. The van der Waals surface area contributed by atoms with Crippen LogP contribution in [0.25, 0.3) is 0 Å². The molecule has 0 spiro atoms. The van der Waals surface area contributed by atoms with Crippen LogP contribution >= 0.6 is 0 Å². The zero-order valence-corrected chi connectivity index (χ0v) is 9.49. The van der Waals surface area contributed by atoms with Crippen LogP contribution in [0.2, 0.25) is 0 Å². The summed E-state index contributed by atoms with van der Waals surface area (Å²) in [6.45, 7) is 2.80. The predicted octanol–water partition coefficient (Wildman–Crippen LogP) is 1.93. The summed E-state index contributed by atoms with van der Waals surface area (Å²) in [5.41, 5.74) is 0. The van der Waals surface area contributed by atoms with Crippen molar-refractivity contribution in [1.29, 1.82) is 0 Å². The van der Waals surface area contributed by atoms with Crippen LogP contribution in [0.1, 0.15) is 13.3 Å². The van der Waals surface area contributed by atoms with Gasteiger partial charge in [0.2, 0.25) is 0 Å². The van der Waals surface area contributed by atoms with E-state index in [-0.39, 0.29) is 0 Å². The summed E-state index contributed by atoms with van der Waals surface area (Å²) in [7, 11) is 3.33. The monoisotopic (exact) mass is 210 g/mol. The minimum absolute atomic E-state index is 0.302. The standard InChI is InChI=1S/C11H18N2O2/c1-4-9(8-14-2)13-11-6-5-10(15-3)7-12-11/h5-7,9H,4,8H2,1-3H3,(H,12,13). The molecule has 0 saturated carbocycles. The highest BCUT2D eigenvalue weighted by Gasteiger charge is 2.05. The second-order valence-electron chi connectivity index (χ2n) is 3.29. The topological polar surface area (TPSA) is 43.4 Å². The van der Waals surface area contributed by atoms with E-state index in [0.29, 0.717) is 12.6 Å². The molecule has 0 saturated heterocycles. The maximum atomic E-state index is 5.10. The molecule has 1 atom stereocenters. The molecule has 1 aromatic rings. The molecule has 1 N–H and O–H groups in total. The Morgan fingerprint density at radius 2 is 2.20 bits per heavy atom. The smallest absolute Gasteiger partial charge is 0.137 e. The number of nitrogens with zero attached hydrogens (tertiary/aromatic N) is 1. The average Bonchev–Trinajstić information content (AvgIpc) is 2.29. The molecule has 0 aliphatic carbocycles. The first-order valence-electron chi connectivity index (χ1n) is 5.05. The molecule has 0 amide bonds. The zero-order valence-electron chi connectivity index (χ0n) is 9.49. The van der Waals surface area contributed by atoms with E-state index in [1.54, 1.807) is 20.4 Å². The normalized spacial score (nSPS) is 12.2. The van der Waals surface area contributed by atoms with Gasteiger partial charge in [0.15, 0.2) is 0 Å². The van der Waals surface area contributed by atoms with Gasteiger partial charge in [0.25, 0.3) is 0 Å². The van der Waals surface area contributed by atoms with E-state index in [4.69, 9.17) is 9.47 Å². The Balaban J connectivity index is 2.55. The maximum Gasteiger partial charge on any atom is 0.137 e. The first kappa shape index (κ1) is 11.8. The third-order valence-electron chi connectivity index (χ3n) is 2.18. The second kappa shape index (κ2) is 6.24. The largest absolute Gasteiger partial charge is 0.495 e. The lowest BCUT2D eigenvalue weighted by atomic mass is 10.2. The summed E-state index contributed by atoms with van der Waals surface area (Å²) in [5, 5.41) is 3.29. The van der Waals surface area contributed by atoms with Gasteiger partial charge in [0, 0.05) is 7.11 Å². The van der Waals surface area contributed by atoms with Crippen LogP contribution in [0.5, 0.6) is 5.75 Å². The SMILES string of the molecule is CCC(COC)Nc1ccc(OC)cn1. The molecule has 4 heteroatoms. The molecule has 0 fully saturated rings. The van der Waals surface area contributed by atoms with E-state index in [0.717, 1.165) is 18.0 Å². The van der Waals surface area contributed by atoms with Gasteiger partial charge in [-0.2, -0.15) is 0 Å². The zero-order chi connectivity index (χ0) is 11.1. The Labute approximate surface area is 90.6 Å². The minimum atomic E-state index is 0.302. The summed E-state index contributed by atoms with van der Waals surface area (Å²) in [4.78, 5) is 4.23. The molecule has 0 aliphatic rings. The van der Waals surface area contributed by atoms with Crippen molar-refractivity contribution in [2.75, 3.05) is 26.1 Å². The van der Waals surface area contributed by atoms with Crippen LogP contribution in [-0.2, 0) is 4.74 Å². The fourth-order valence-corrected chi connectivity index (χ4v) is 1.26. The van der Waals surface area contributed by atoms with Gasteiger partial charge in [0.1, 0.15) is 11.6 Å². The number of hydrogen-bond acceptors (Lipinski definition) is 4. The molecule has 1 unspecified atom stereocenters. The van der Waals surface area contributed by atoms with Crippen LogP contribution < -0.4 is 10.1 Å². The Bertz CT molecular complexity index is 274. The highest BCUT2D eigenvalue weighted by Crippen LogP contribution is 2.12. The lowest BCUT2D eigenvalue weighted by Crippen LogP contribution is -2.24. The van der Waals surface area contributed by atoms with Crippen LogP contribution in [0.3, 0.4) is 0 Å². The molecule has 1 aromatic heterocycles. The molecule has 0 bridgehead atoms. The van der Waals surface area contributed by atoms with Crippen LogP contribution in [0.15, 0.2) is 18.3 Å². The number of hydrogen-bond donors (Lipinski definition) is 1. The van der Waals surface area contributed by atoms with Gasteiger partial charge in [-0.15, -0.1) is 0 Å². The van der Waals surface area contributed by atoms with E-state index < -0.39 is 0 Å². The first-order valence-corrected chi connectivity index (χ1v) is 5.05. The van der Waals surface area contributed by atoms with Crippen LogP contribution in [-0.4, -0.2) is 31.9 Å². The maximum absolute atomic E-state index is 5.10. The molecule has 15 heavy (non-hydrogen) atoms. The lowest BCUT2D eigenvalue weighted by molar-refractivity contribution is 0.184. The summed E-state index contributed by atoms with van der Waals surface area (Å²) >= 11 is 0. The average molecular weight is 210 g/mol. The van der Waals surface area contributed by atoms with Crippen molar-refractivity contribution in [3.8, 4) is 5.75 Å². The molecule has 0 radical (unpaired) electrons. The van der Waals surface area contributed by atoms with Crippen molar-refractivity contribution < 1.29 is 9.47 Å². The van der Waals surface area contributed by atoms with Gasteiger partial charge in [-0.05, 0) is 18.6 Å². The van der Waals surface area contributed by atoms with Gasteiger partial charge < -0.3 is 14.8 Å². The number of ether oxygens (including phenoxy) is 2. The van der Waals surface area contributed by atoms with Gasteiger partial charge in [-0.25, -0.2) is 4.98 Å². The van der Waals surface area contributed by atoms with E-state index in [9.17, 15) is 0 Å². The van der Waals surface area contributed by atoms with Crippen molar-refractivity contribution in [3.63, 3.8) is 0 Å². The molecule has 0 aromatic carbocycles. The molecule has 1 rings (SSSR count). The summed E-state index contributed by atoms with van der Waals surface area (Å²) in [5.74, 6) is 1.61. The number of aromatic nitrogens is 1. The van der Waals surface area contributed by atoms with Crippen LogP contribution in [0, 0.1) is 0 Å². The number of nitrogens with one attached hydrogen (secondary N) is 1. The Morgan fingerprint density at radius 3 is 2.67 bits per heavy atom. The third kappa shape index (κ3) is 3.75. The van der Waals surface area contributed by atoms with Crippen LogP contribution in [0.4, 0.5) is 5.82 Å². The Kier molecular flexibility index (Phi) is 4.90. The summed E-state index contributed by atoms with van der Waals surface area (Å²) in [6.07, 6.45) is 2.70. The fraction of sp³-hybridized carbons (Fsp3) is 0.545. The quantitative estimate of drug-likeness (QED) is 0.779. The summed E-state index contributed by atoms with van der Waals surface area (Å²) < 4.78 is 10.1.